The van der Waals surface area contributed by atoms with E-state index in [2.05, 4.69) is 0 Å². The monoisotopic (exact) mass is 392 g/mol. The third-order valence-electron chi connectivity index (χ3n) is 4.79. The van der Waals surface area contributed by atoms with Gasteiger partial charge in [0.1, 0.15) is 17.2 Å². The van der Waals surface area contributed by atoms with Crippen molar-refractivity contribution in [2.45, 2.75) is 12.5 Å². The van der Waals surface area contributed by atoms with E-state index in [0.717, 1.165) is 33.9 Å². The van der Waals surface area contributed by atoms with Crippen molar-refractivity contribution in [1.82, 2.24) is 0 Å². The van der Waals surface area contributed by atoms with E-state index in [-0.39, 0.29) is 0 Å². The predicted molar refractivity (Wildman–Crippen MR) is 111 cm³/mol. The minimum atomic E-state index is -1.14. The molecule has 5 heteroatoms. The van der Waals surface area contributed by atoms with Crippen molar-refractivity contribution in [3.8, 4) is 17.2 Å². The summed E-state index contributed by atoms with van der Waals surface area (Å²) in [4.78, 5) is 12.3. The van der Waals surface area contributed by atoms with Crippen molar-refractivity contribution >= 4 is 5.97 Å². The molecule has 3 rings (SSSR count). The fraction of sp³-hybridized carbons (Fsp3) is 0.208. The van der Waals surface area contributed by atoms with Crippen LogP contribution in [0.3, 0.4) is 0 Å². The number of hydrogen-bond acceptors (Lipinski definition) is 5. The van der Waals surface area contributed by atoms with E-state index in [0.29, 0.717) is 0 Å². The van der Waals surface area contributed by atoms with E-state index in [1.54, 1.807) is 21.3 Å². The van der Waals surface area contributed by atoms with Crippen LogP contribution in [0, 0.1) is 0 Å². The highest BCUT2D eigenvalue weighted by Gasteiger charge is 2.40. The Hall–Kier alpha value is -3.47. The predicted octanol–water partition coefficient (Wildman–Crippen LogP) is 4.57. The molecule has 3 aromatic carbocycles. The summed E-state index contributed by atoms with van der Waals surface area (Å²) in [6, 6.07) is 22.5. The molecule has 0 saturated heterocycles. The first-order valence-corrected chi connectivity index (χ1v) is 9.16. The third-order valence-corrected chi connectivity index (χ3v) is 4.79. The van der Waals surface area contributed by atoms with Crippen LogP contribution in [0.4, 0.5) is 0 Å². The van der Waals surface area contributed by atoms with Gasteiger partial charge in [0.05, 0.1) is 21.3 Å². The smallest absolute Gasteiger partial charge is 0.304 e. The zero-order valence-electron chi connectivity index (χ0n) is 17.0. The quantitative estimate of drug-likeness (QED) is 0.436. The molecule has 0 N–H and O–H groups in total. The van der Waals surface area contributed by atoms with Gasteiger partial charge in [0, 0.05) is 23.6 Å². The standard InChI is InChI=1S/C24H24O5/c1-17(25)29-24(18-5-11-21(26-2)12-6-18,19-7-13-22(27-3)14-8-19)20-9-15-23(28-4)16-10-20/h5-16H,1-4H3. The van der Waals surface area contributed by atoms with Crippen molar-refractivity contribution in [2.75, 3.05) is 21.3 Å². The maximum absolute atomic E-state index is 12.3. The van der Waals surface area contributed by atoms with E-state index < -0.39 is 11.6 Å². The van der Waals surface area contributed by atoms with Gasteiger partial charge in [-0.2, -0.15) is 0 Å². The van der Waals surface area contributed by atoms with Gasteiger partial charge < -0.3 is 18.9 Å². The van der Waals surface area contributed by atoms with E-state index in [4.69, 9.17) is 18.9 Å². The van der Waals surface area contributed by atoms with Crippen LogP contribution in [0.15, 0.2) is 72.8 Å². The van der Waals surface area contributed by atoms with Gasteiger partial charge in [-0.15, -0.1) is 0 Å². The van der Waals surface area contributed by atoms with E-state index >= 15 is 0 Å². The highest BCUT2D eigenvalue weighted by molar-refractivity contribution is 5.69. The summed E-state index contributed by atoms with van der Waals surface area (Å²) in [6.07, 6.45) is 0. The van der Waals surface area contributed by atoms with Gasteiger partial charge in [0.2, 0.25) is 0 Å². The van der Waals surface area contributed by atoms with E-state index in [1.165, 1.54) is 6.92 Å². The fourth-order valence-corrected chi connectivity index (χ4v) is 3.37. The van der Waals surface area contributed by atoms with Crippen molar-refractivity contribution < 1.29 is 23.7 Å². The minimum absolute atomic E-state index is 0.396. The van der Waals surface area contributed by atoms with Crippen LogP contribution in [0.1, 0.15) is 23.6 Å². The molecule has 0 unspecified atom stereocenters. The van der Waals surface area contributed by atoms with Gasteiger partial charge in [-0.1, -0.05) is 36.4 Å². The van der Waals surface area contributed by atoms with Crippen LogP contribution < -0.4 is 14.2 Å². The Morgan fingerprint density at radius 3 is 1.07 bits per heavy atom. The summed E-state index contributed by atoms with van der Waals surface area (Å²) in [7, 11) is 4.84. The molecule has 0 atom stereocenters. The number of benzene rings is 3. The molecule has 3 aromatic rings. The molecule has 0 aromatic heterocycles. The summed E-state index contributed by atoms with van der Waals surface area (Å²) in [5.74, 6) is 1.76. The number of carbonyl (C=O) groups excluding carboxylic acids is 1. The molecule has 0 heterocycles. The Morgan fingerprint density at radius 1 is 0.586 bits per heavy atom. The molecule has 0 bridgehead atoms. The van der Waals surface area contributed by atoms with Gasteiger partial charge in [0.25, 0.3) is 0 Å². The first kappa shape index (κ1) is 20.3. The van der Waals surface area contributed by atoms with Crippen LogP contribution in [0.2, 0.25) is 0 Å². The summed E-state index contributed by atoms with van der Waals surface area (Å²) in [5.41, 5.74) is 1.24. The molecular formula is C24H24O5. The van der Waals surface area contributed by atoms with Crippen molar-refractivity contribution in [2.24, 2.45) is 0 Å². The van der Waals surface area contributed by atoms with Gasteiger partial charge in [0.15, 0.2) is 5.60 Å². The van der Waals surface area contributed by atoms with Crippen molar-refractivity contribution in [1.29, 1.82) is 0 Å². The summed E-state index contributed by atoms with van der Waals surface area (Å²) in [6.45, 7) is 1.41. The van der Waals surface area contributed by atoms with Crippen LogP contribution in [-0.4, -0.2) is 27.3 Å². The van der Waals surface area contributed by atoms with Crippen molar-refractivity contribution in [3.05, 3.63) is 89.5 Å². The Balaban J connectivity index is 2.28. The number of ether oxygens (including phenoxy) is 4. The summed E-state index contributed by atoms with van der Waals surface area (Å²) >= 11 is 0. The van der Waals surface area contributed by atoms with Gasteiger partial charge in [-0.3, -0.25) is 4.79 Å². The SMILES string of the molecule is COc1ccc(C(OC(C)=O)(c2ccc(OC)cc2)c2ccc(OC)cc2)cc1. The Kier molecular flexibility index (Phi) is 6.07. The average molecular weight is 392 g/mol. The topological polar surface area (TPSA) is 54.0 Å². The number of carbonyl (C=O) groups is 1. The number of rotatable bonds is 7. The molecule has 0 saturated carbocycles. The lowest BCUT2D eigenvalue weighted by Gasteiger charge is -2.35. The molecule has 0 spiro atoms. The van der Waals surface area contributed by atoms with Gasteiger partial charge in [-0.25, -0.2) is 0 Å². The highest BCUT2D eigenvalue weighted by atomic mass is 16.6. The lowest BCUT2D eigenvalue weighted by molar-refractivity contribution is -0.150. The lowest BCUT2D eigenvalue weighted by atomic mass is 9.80. The molecule has 29 heavy (non-hydrogen) atoms. The zero-order valence-corrected chi connectivity index (χ0v) is 17.0. The van der Waals surface area contributed by atoms with Crippen LogP contribution >= 0.6 is 0 Å². The van der Waals surface area contributed by atoms with Crippen molar-refractivity contribution in [3.63, 3.8) is 0 Å². The van der Waals surface area contributed by atoms with Crippen LogP contribution in [0.5, 0.6) is 17.2 Å². The Morgan fingerprint density at radius 2 is 0.862 bits per heavy atom. The summed E-state index contributed by atoms with van der Waals surface area (Å²) in [5, 5.41) is 0. The molecule has 5 nitrogen and oxygen atoms in total. The first-order chi connectivity index (χ1) is 14.0. The number of hydrogen-bond donors (Lipinski definition) is 0. The molecule has 150 valence electrons. The molecular weight excluding hydrogens is 368 g/mol. The molecule has 0 fully saturated rings. The molecule has 0 aliphatic rings. The zero-order chi connectivity index (χ0) is 20.9. The maximum Gasteiger partial charge on any atom is 0.304 e. The van der Waals surface area contributed by atoms with Crippen LogP contribution in [0.25, 0.3) is 0 Å². The second kappa shape index (κ2) is 8.69. The molecule has 0 amide bonds. The second-order valence-corrected chi connectivity index (χ2v) is 6.46. The molecule has 0 radical (unpaired) electrons. The number of esters is 1. The Labute approximate surface area is 170 Å². The second-order valence-electron chi connectivity index (χ2n) is 6.46. The minimum Gasteiger partial charge on any atom is -0.497 e. The average Bonchev–Trinajstić information content (AvgIpc) is 2.77. The first-order valence-electron chi connectivity index (χ1n) is 9.16. The highest BCUT2D eigenvalue weighted by Crippen LogP contribution is 2.42. The lowest BCUT2D eigenvalue weighted by Crippen LogP contribution is -2.34. The van der Waals surface area contributed by atoms with E-state index in [9.17, 15) is 4.79 Å². The summed E-state index contributed by atoms with van der Waals surface area (Å²) < 4.78 is 21.9. The third kappa shape index (κ3) is 4.04. The van der Waals surface area contributed by atoms with Crippen LogP contribution in [-0.2, 0) is 15.1 Å². The molecule has 0 aliphatic heterocycles. The maximum atomic E-state index is 12.3. The van der Waals surface area contributed by atoms with Gasteiger partial charge >= 0.3 is 5.97 Å². The fourth-order valence-electron chi connectivity index (χ4n) is 3.37. The van der Waals surface area contributed by atoms with E-state index in [1.807, 2.05) is 72.8 Å². The molecule has 0 aliphatic carbocycles. The number of methoxy groups -OCH3 is 3. The largest absolute Gasteiger partial charge is 0.497 e. The Bertz CT molecular complexity index is 828. The normalized spacial score (nSPS) is 10.9. The van der Waals surface area contributed by atoms with Gasteiger partial charge in [-0.05, 0) is 36.4 Å².